The zero-order chi connectivity index (χ0) is 23.5. The summed E-state index contributed by atoms with van der Waals surface area (Å²) < 4.78 is 20.0. The van der Waals surface area contributed by atoms with Crippen LogP contribution in [-0.2, 0) is 6.54 Å². The van der Waals surface area contributed by atoms with Gasteiger partial charge in [0.2, 0.25) is 5.88 Å². The van der Waals surface area contributed by atoms with Crippen molar-refractivity contribution in [1.29, 1.82) is 0 Å². The Morgan fingerprint density at radius 1 is 1.15 bits per heavy atom. The Labute approximate surface area is 200 Å². The highest BCUT2D eigenvalue weighted by molar-refractivity contribution is 7.22. The zero-order valence-electron chi connectivity index (χ0n) is 18.7. The van der Waals surface area contributed by atoms with Crippen LogP contribution in [0.25, 0.3) is 21.5 Å². The van der Waals surface area contributed by atoms with E-state index in [2.05, 4.69) is 36.6 Å². The van der Waals surface area contributed by atoms with Crippen molar-refractivity contribution in [2.75, 3.05) is 17.7 Å². The number of pyridine rings is 1. The molecule has 0 aliphatic heterocycles. The predicted molar refractivity (Wildman–Crippen MR) is 131 cm³/mol. The average molecular weight is 481 g/mol. The van der Waals surface area contributed by atoms with Gasteiger partial charge in [0, 0.05) is 6.54 Å². The Morgan fingerprint density at radius 3 is 2.88 bits per heavy atom. The molecule has 1 aliphatic carbocycles. The van der Waals surface area contributed by atoms with Gasteiger partial charge in [-0.1, -0.05) is 30.2 Å². The lowest BCUT2D eigenvalue weighted by Gasteiger charge is -2.27. The van der Waals surface area contributed by atoms with Gasteiger partial charge in [-0.25, -0.2) is 19.3 Å². The van der Waals surface area contributed by atoms with Crippen LogP contribution in [0.4, 0.5) is 15.3 Å². The van der Waals surface area contributed by atoms with E-state index < -0.39 is 5.82 Å². The van der Waals surface area contributed by atoms with Crippen LogP contribution >= 0.6 is 11.3 Å². The number of aromatic nitrogens is 4. The first-order valence-electron chi connectivity index (χ1n) is 11.2. The molecule has 1 unspecified atom stereocenters. The minimum atomic E-state index is -0.472. The lowest BCUT2D eigenvalue weighted by atomic mass is 9.93. The monoisotopic (exact) mass is 480 g/mol. The van der Waals surface area contributed by atoms with E-state index in [4.69, 9.17) is 4.74 Å². The number of thiazole rings is 1. The average Bonchev–Trinajstić information content (AvgIpc) is 3.26. The van der Waals surface area contributed by atoms with Crippen LogP contribution in [0.5, 0.6) is 5.88 Å². The summed E-state index contributed by atoms with van der Waals surface area (Å²) in [5.41, 5.74) is 2.90. The molecule has 1 aliphatic rings. The van der Waals surface area contributed by atoms with Gasteiger partial charge in [-0.15, -0.1) is 0 Å². The Bertz CT molecular complexity index is 1300. The number of aliphatic hydroxyl groups excluding tert-OH is 1. The van der Waals surface area contributed by atoms with Crippen molar-refractivity contribution in [3.05, 3.63) is 54.2 Å². The molecule has 34 heavy (non-hydrogen) atoms. The summed E-state index contributed by atoms with van der Waals surface area (Å²) in [6, 6.07) is 7.50. The molecule has 0 radical (unpaired) electrons. The molecule has 3 heterocycles. The fourth-order valence-corrected chi connectivity index (χ4v) is 5.12. The van der Waals surface area contributed by atoms with E-state index in [9.17, 15) is 9.50 Å². The van der Waals surface area contributed by atoms with Gasteiger partial charge < -0.3 is 20.5 Å². The standard InChI is InChI=1S/C24H25FN6O2S/c1-33-23-16(9-15(25)11-28-23)19-12-26-13-22(29-19)27-10-14-6-7-18-21(8-14)34-24(31-18)30-17-4-2-3-5-20(17)32/h6-9,11-13,17,20,32H,2-5,10H2,1H3,(H,27,29)(H,30,31)/t17?,20-/m1/s1. The number of hydrogen-bond acceptors (Lipinski definition) is 9. The number of methoxy groups -OCH3 is 1. The highest BCUT2D eigenvalue weighted by atomic mass is 32.1. The second-order valence-electron chi connectivity index (χ2n) is 8.28. The highest BCUT2D eigenvalue weighted by Gasteiger charge is 2.23. The number of hydrogen-bond donors (Lipinski definition) is 3. The maximum atomic E-state index is 13.7. The molecule has 0 spiro atoms. The van der Waals surface area contributed by atoms with Crippen molar-refractivity contribution in [3.63, 3.8) is 0 Å². The SMILES string of the molecule is COc1ncc(F)cc1-c1cncc(NCc2ccc3nc(NC4CCCC[C@H]4O)sc3c2)n1. The molecule has 10 heteroatoms. The van der Waals surface area contributed by atoms with Crippen LogP contribution in [0.2, 0.25) is 0 Å². The number of rotatable bonds is 7. The molecule has 0 saturated heterocycles. The van der Waals surface area contributed by atoms with Crippen LogP contribution in [0.1, 0.15) is 31.2 Å². The van der Waals surface area contributed by atoms with Crippen molar-refractivity contribution >= 4 is 32.5 Å². The van der Waals surface area contributed by atoms with E-state index in [-0.39, 0.29) is 18.0 Å². The molecule has 8 nitrogen and oxygen atoms in total. The number of halogens is 1. The normalized spacial score (nSPS) is 18.1. The summed E-state index contributed by atoms with van der Waals surface area (Å²) in [6.45, 7) is 0.536. The highest BCUT2D eigenvalue weighted by Crippen LogP contribution is 2.30. The van der Waals surface area contributed by atoms with Gasteiger partial charge in [-0.3, -0.25) is 4.98 Å². The summed E-state index contributed by atoms with van der Waals surface area (Å²) in [4.78, 5) is 17.4. The maximum absolute atomic E-state index is 13.7. The maximum Gasteiger partial charge on any atom is 0.222 e. The summed E-state index contributed by atoms with van der Waals surface area (Å²) in [6.07, 6.45) is 7.95. The second-order valence-corrected chi connectivity index (χ2v) is 9.31. The van der Waals surface area contributed by atoms with E-state index in [1.54, 1.807) is 23.7 Å². The molecule has 0 bridgehead atoms. The largest absolute Gasteiger partial charge is 0.481 e. The number of anilines is 2. The van der Waals surface area contributed by atoms with E-state index >= 15 is 0 Å². The summed E-state index contributed by atoms with van der Waals surface area (Å²) in [7, 11) is 1.48. The third-order valence-corrected chi connectivity index (χ3v) is 6.84. The van der Waals surface area contributed by atoms with Crippen LogP contribution in [0, 0.1) is 5.82 Å². The summed E-state index contributed by atoms with van der Waals surface area (Å²) in [5, 5.41) is 17.8. The summed E-state index contributed by atoms with van der Waals surface area (Å²) >= 11 is 1.59. The van der Waals surface area contributed by atoms with Gasteiger partial charge in [0.25, 0.3) is 0 Å². The van der Waals surface area contributed by atoms with Gasteiger partial charge >= 0.3 is 0 Å². The smallest absolute Gasteiger partial charge is 0.222 e. The third kappa shape index (κ3) is 4.92. The Hall–Kier alpha value is -3.37. The van der Waals surface area contributed by atoms with Crippen molar-refractivity contribution < 1.29 is 14.2 Å². The van der Waals surface area contributed by atoms with E-state index in [1.165, 1.54) is 13.2 Å². The lowest BCUT2D eigenvalue weighted by Crippen LogP contribution is -2.36. The molecule has 3 N–H and O–H groups in total. The van der Waals surface area contributed by atoms with Crippen LogP contribution in [-0.4, -0.2) is 44.3 Å². The van der Waals surface area contributed by atoms with Gasteiger partial charge in [0.05, 0.1) is 59.3 Å². The Morgan fingerprint density at radius 2 is 2.03 bits per heavy atom. The lowest BCUT2D eigenvalue weighted by molar-refractivity contribution is 0.116. The van der Waals surface area contributed by atoms with Crippen molar-refractivity contribution in [1.82, 2.24) is 19.9 Å². The van der Waals surface area contributed by atoms with E-state index in [0.717, 1.165) is 52.8 Å². The summed E-state index contributed by atoms with van der Waals surface area (Å²) in [5.74, 6) is 0.371. The second kappa shape index (κ2) is 9.86. The van der Waals surface area contributed by atoms with Crippen molar-refractivity contribution in [3.8, 4) is 17.1 Å². The van der Waals surface area contributed by atoms with Gasteiger partial charge in [-0.05, 0) is 36.6 Å². The fraction of sp³-hybridized carbons (Fsp3) is 0.333. The van der Waals surface area contributed by atoms with E-state index in [0.29, 0.717) is 23.6 Å². The molecular weight excluding hydrogens is 455 g/mol. The molecule has 4 aromatic rings. The van der Waals surface area contributed by atoms with Gasteiger partial charge in [0.1, 0.15) is 11.6 Å². The number of fused-ring (bicyclic) bond motifs is 1. The Kier molecular flexibility index (Phi) is 6.50. The minimum absolute atomic E-state index is 0.0632. The quantitative estimate of drug-likeness (QED) is 0.352. The molecule has 2 atom stereocenters. The zero-order valence-corrected chi connectivity index (χ0v) is 19.5. The number of aliphatic hydroxyl groups is 1. The predicted octanol–water partition coefficient (Wildman–Crippen LogP) is 4.62. The van der Waals surface area contributed by atoms with Crippen LogP contribution < -0.4 is 15.4 Å². The third-order valence-electron chi connectivity index (χ3n) is 5.89. The number of nitrogens with one attached hydrogen (secondary N) is 2. The molecule has 0 amide bonds. The molecule has 3 aromatic heterocycles. The first-order chi connectivity index (χ1) is 16.6. The first kappa shape index (κ1) is 22.4. The topological polar surface area (TPSA) is 105 Å². The van der Waals surface area contributed by atoms with Gasteiger partial charge in [-0.2, -0.15) is 0 Å². The molecule has 5 rings (SSSR count). The molecule has 1 aromatic carbocycles. The molecular formula is C24H25FN6O2S. The number of nitrogens with zero attached hydrogens (tertiary/aromatic N) is 4. The molecule has 1 fully saturated rings. The fourth-order valence-electron chi connectivity index (χ4n) is 4.13. The number of ether oxygens (including phenoxy) is 1. The molecule has 176 valence electrons. The minimum Gasteiger partial charge on any atom is -0.481 e. The van der Waals surface area contributed by atoms with Crippen molar-refractivity contribution in [2.45, 2.75) is 44.4 Å². The van der Waals surface area contributed by atoms with E-state index in [1.807, 2.05) is 12.1 Å². The van der Waals surface area contributed by atoms with Crippen LogP contribution in [0.15, 0.2) is 42.9 Å². The van der Waals surface area contributed by atoms with Crippen molar-refractivity contribution in [2.24, 2.45) is 0 Å². The Balaban J connectivity index is 1.29. The first-order valence-corrected chi connectivity index (χ1v) is 12.0. The van der Waals surface area contributed by atoms with Gasteiger partial charge in [0.15, 0.2) is 5.13 Å². The molecule has 1 saturated carbocycles. The van der Waals surface area contributed by atoms with Crippen LogP contribution in [0.3, 0.4) is 0 Å². The number of benzene rings is 1.